The SMILES string of the molecule is O=C(/C=C/CCCCl)Oc1ccc(Br)cc1. The topological polar surface area (TPSA) is 26.3 Å². The number of unbranched alkanes of at least 4 members (excludes halogenated alkanes) is 1. The lowest BCUT2D eigenvalue weighted by Gasteiger charge is -2.00. The Morgan fingerprint density at radius 1 is 1.38 bits per heavy atom. The highest BCUT2D eigenvalue weighted by atomic mass is 79.9. The van der Waals surface area contributed by atoms with Crippen molar-refractivity contribution in [3.8, 4) is 5.75 Å². The van der Waals surface area contributed by atoms with Crippen LogP contribution in [-0.2, 0) is 4.79 Å². The van der Waals surface area contributed by atoms with Crippen LogP contribution in [0.5, 0.6) is 5.75 Å². The first-order valence-corrected chi connectivity index (χ1v) is 6.25. The molecule has 0 amide bonds. The molecule has 0 saturated heterocycles. The summed E-state index contributed by atoms with van der Waals surface area (Å²) in [6.45, 7) is 0. The predicted octanol–water partition coefficient (Wildman–Crippen LogP) is 3.93. The predicted molar refractivity (Wildman–Crippen MR) is 68.9 cm³/mol. The average Bonchev–Trinajstić information content (AvgIpc) is 2.28. The summed E-state index contributed by atoms with van der Waals surface area (Å²) in [6, 6.07) is 7.10. The van der Waals surface area contributed by atoms with Crippen LogP contribution in [-0.4, -0.2) is 11.8 Å². The monoisotopic (exact) mass is 302 g/mol. The third-order valence-corrected chi connectivity index (χ3v) is 2.59. The molecule has 0 heterocycles. The average molecular weight is 304 g/mol. The van der Waals surface area contributed by atoms with E-state index < -0.39 is 0 Å². The second kappa shape index (κ2) is 7.47. The Bertz CT molecular complexity index is 360. The van der Waals surface area contributed by atoms with E-state index in [4.69, 9.17) is 16.3 Å². The number of ether oxygens (including phenoxy) is 1. The van der Waals surface area contributed by atoms with Gasteiger partial charge in [0.15, 0.2) is 0 Å². The summed E-state index contributed by atoms with van der Waals surface area (Å²) in [6.07, 6.45) is 4.85. The van der Waals surface area contributed by atoms with E-state index in [9.17, 15) is 4.79 Å². The molecule has 86 valence electrons. The van der Waals surface area contributed by atoms with Crippen molar-refractivity contribution in [2.75, 3.05) is 5.88 Å². The molecule has 0 saturated carbocycles. The minimum atomic E-state index is -0.364. The third-order valence-electron chi connectivity index (χ3n) is 1.79. The highest BCUT2D eigenvalue weighted by molar-refractivity contribution is 9.10. The number of esters is 1. The van der Waals surface area contributed by atoms with Gasteiger partial charge in [-0.3, -0.25) is 0 Å². The van der Waals surface area contributed by atoms with Crippen molar-refractivity contribution in [1.29, 1.82) is 0 Å². The van der Waals surface area contributed by atoms with E-state index in [-0.39, 0.29) is 5.97 Å². The maximum absolute atomic E-state index is 11.3. The van der Waals surface area contributed by atoms with Crippen molar-refractivity contribution >= 4 is 33.5 Å². The summed E-state index contributed by atoms with van der Waals surface area (Å²) in [4.78, 5) is 11.3. The number of rotatable bonds is 5. The number of hydrogen-bond donors (Lipinski definition) is 0. The Hall–Kier alpha value is -0.800. The Labute approximate surface area is 108 Å². The number of allylic oxidation sites excluding steroid dienone is 1. The van der Waals surface area contributed by atoms with Crippen molar-refractivity contribution in [1.82, 2.24) is 0 Å². The number of halogens is 2. The standard InChI is InChI=1S/C12H12BrClO2/c13-10-5-7-11(8-6-10)16-12(15)4-2-1-3-9-14/h2,4-8H,1,3,9H2/b4-2+. The summed E-state index contributed by atoms with van der Waals surface area (Å²) >= 11 is 8.81. The van der Waals surface area contributed by atoms with Crippen LogP contribution in [0.25, 0.3) is 0 Å². The van der Waals surface area contributed by atoms with E-state index in [0.29, 0.717) is 11.6 Å². The smallest absolute Gasteiger partial charge is 0.335 e. The first-order valence-electron chi connectivity index (χ1n) is 4.92. The molecule has 0 fully saturated rings. The normalized spacial score (nSPS) is 10.6. The second-order valence-electron chi connectivity index (χ2n) is 3.11. The van der Waals surface area contributed by atoms with Gasteiger partial charge >= 0.3 is 5.97 Å². The molecule has 0 radical (unpaired) electrons. The highest BCUT2D eigenvalue weighted by Crippen LogP contribution is 2.16. The number of carbonyl (C=O) groups is 1. The lowest BCUT2D eigenvalue weighted by atomic mass is 10.3. The molecule has 16 heavy (non-hydrogen) atoms. The van der Waals surface area contributed by atoms with Crippen molar-refractivity contribution in [3.05, 3.63) is 40.9 Å². The van der Waals surface area contributed by atoms with E-state index in [1.165, 1.54) is 6.08 Å². The number of carbonyl (C=O) groups excluding carboxylic acids is 1. The Kier molecular flexibility index (Phi) is 6.19. The van der Waals surface area contributed by atoms with Crippen molar-refractivity contribution in [3.63, 3.8) is 0 Å². The molecule has 0 aromatic heterocycles. The van der Waals surface area contributed by atoms with E-state index in [2.05, 4.69) is 15.9 Å². The summed E-state index contributed by atoms with van der Waals surface area (Å²) in [5.74, 6) is 0.777. The Morgan fingerprint density at radius 2 is 2.06 bits per heavy atom. The van der Waals surface area contributed by atoms with Gasteiger partial charge in [-0.15, -0.1) is 11.6 Å². The quantitative estimate of drug-likeness (QED) is 0.271. The highest BCUT2D eigenvalue weighted by Gasteiger charge is 1.99. The van der Waals surface area contributed by atoms with E-state index in [0.717, 1.165) is 17.3 Å². The van der Waals surface area contributed by atoms with Gasteiger partial charge in [0.05, 0.1) is 0 Å². The van der Waals surface area contributed by atoms with Gasteiger partial charge in [0.2, 0.25) is 0 Å². The van der Waals surface area contributed by atoms with Crippen LogP contribution < -0.4 is 4.74 Å². The lowest BCUT2D eigenvalue weighted by Crippen LogP contribution is -2.03. The molecule has 0 atom stereocenters. The van der Waals surface area contributed by atoms with E-state index in [1.807, 2.05) is 12.1 Å². The summed E-state index contributed by atoms with van der Waals surface area (Å²) in [7, 11) is 0. The van der Waals surface area contributed by atoms with E-state index in [1.54, 1.807) is 18.2 Å². The molecule has 1 rings (SSSR count). The van der Waals surface area contributed by atoms with Crippen LogP contribution in [0, 0.1) is 0 Å². The summed E-state index contributed by atoms with van der Waals surface area (Å²) in [5.41, 5.74) is 0. The first-order chi connectivity index (χ1) is 7.72. The van der Waals surface area contributed by atoms with Gasteiger partial charge in [0.25, 0.3) is 0 Å². The van der Waals surface area contributed by atoms with Gasteiger partial charge in [0.1, 0.15) is 5.75 Å². The fraction of sp³-hybridized carbons (Fsp3) is 0.250. The zero-order chi connectivity index (χ0) is 11.8. The van der Waals surface area contributed by atoms with E-state index >= 15 is 0 Å². The molecule has 0 N–H and O–H groups in total. The zero-order valence-electron chi connectivity index (χ0n) is 8.66. The van der Waals surface area contributed by atoms with Gasteiger partial charge in [-0.05, 0) is 37.1 Å². The molecule has 1 aromatic carbocycles. The molecule has 2 nitrogen and oxygen atoms in total. The number of benzene rings is 1. The largest absolute Gasteiger partial charge is 0.423 e. The molecule has 0 spiro atoms. The number of hydrogen-bond acceptors (Lipinski definition) is 2. The van der Waals surface area contributed by atoms with Crippen LogP contribution in [0.1, 0.15) is 12.8 Å². The molecule has 0 aliphatic carbocycles. The van der Waals surface area contributed by atoms with Gasteiger partial charge in [-0.25, -0.2) is 4.79 Å². The third kappa shape index (κ3) is 5.33. The zero-order valence-corrected chi connectivity index (χ0v) is 11.0. The lowest BCUT2D eigenvalue weighted by molar-refractivity contribution is -0.129. The van der Waals surface area contributed by atoms with Gasteiger partial charge in [-0.2, -0.15) is 0 Å². The first kappa shape index (κ1) is 13.3. The van der Waals surface area contributed by atoms with Gasteiger partial charge in [-0.1, -0.05) is 22.0 Å². The van der Waals surface area contributed by atoms with Crippen LogP contribution >= 0.6 is 27.5 Å². The molecule has 4 heteroatoms. The van der Waals surface area contributed by atoms with Crippen LogP contribution in [0.3, 0.4) is 0 Å². The van der Waals surface area contributed by atoms with Crippen molar-refractivity contribution in [2.24, 2.45) is 0 Å². The second-order valence-corrected chi connectivity index (χ2v) is 4.40. The summed E-state index contributed by atoms with van der Waals surface area (Å²) < 4.78 is 6.02. The van der Waals surface area contributed by atoms with Crippen LogP contribution in [0.2, 0.25) is 0 Å². The maximum Gasteiger partial charge on any atom is 0.335 e. The van der Waals surface area contributed by atoms with Crippen LogP contribution in [0.15, 0.2) is 40.9 Å². The molecule has 1 aromatic rings. The molecular formula is C12H12BrClO2. The van der Waals surface area contributed by atoms with Crippen molar-refractivity contribution in [2.45, 2.75) is 12.8 Å². The van der Waals surface area contributed by atoms with Gasteiger partial charge in [0, 0.05) is 16.4 Å². The molecular weight excluding hydrogens is 291 g/mol. The minimum Gasteiger partial charge on any atom is -0.423 e. The van der Waals surface area contributed by atoms with Crippen LogP contribution in [0.4, 0.5) is 0 Å². The van der Waals surface area contributed by atoms with Crippen molar-refractivity contribution < 1.29 is 9.53 Å². The fourth-order valence-corrected chi connectivity index (χ4v) is 1.45. The molecule has 0 unspecified atom stereocenters. The fourth-order valence-electron chi connectivity index (χ4n) is 1.03. The molecule has 0 bridgehead atoms. The van der Waals surface area contributed by atoms with Gasteiger partial charge < -0.3 is 4.74 Å². The number of alkyl halides is 1. The Balaban J connectivity index is 2.39. The maximum atomic E-state index is 11.3. The molecule has 0 aliphatic rings. The summed E-state index contributed by atoms with van der Waals surface area (Å²) in [5, 5.41) is 0. The minimum absolute atomic E-state index is 0.364. The Morgan fingerprint density at radius 3 is 2.69 bits per heavy atom. The molecule has 0 aliphatic heterocycles.